The predicted octanol–water partition coefficient (Wildman–Crippen LogP) is 3.92. The van der Waals surface area contributed by atoms with Gasteiger partial charge in [-0.3, -0.25) is 4.79 Å². The standard InChI is InChI=1S/C22H22FN5O/c1-14-18(8-9-24-13-21-25-10-11-26-21)19-12-17(6-7-20(19)27-14)28-22(29)15-2-4-16(23)5-3-15/h2-7,10-12,24,27H,8-9,13H2,1H3,(H,25,26)(H,28,29). The van der Waals surface area contributed by atoms with Gasteiger partial charge in [-0.15, -0.1) is 0 Å². The summed E-state index contributed by atoms with van der Waals surface area (Å²) in [5.41, 5.74) is 4.48. The summed E-state index contributed by atoms with van der Waals surface area (Å²) in [6.07, 6.45) is 4.40. The van der Waals surface area contributed by atoms with Crippen molar-refractivity contribution in [1.29, 1.82) is 0 Å². The SMILES string of the molecule is Cc1[nH]c2ccc(NC(=O)c3ccc(F)cc3)cc2c1CCNCc1ncc[nH]1. The Hall–Kier alpha value is -3.45. The average molecular weight is 391 g/mol. The summed E-state index contributed by atoms with van der Waals surface area (Å²) in [7, 11) is 0. The van der Waals surface area contributed by atoms with E-state index in [9.17, 15) is 9.18 Å². The van der Waals surface area contributed by atoms with Crippen molar-refractivity contribution in [1.82, 2.24) is 20.3 Å². The van der Waals surface area contributed by atoms with E-state index in [0.29, 0.717) is 17.8 Å². The average Bonchev–Trinajstić information content (AvgIpc) is 3.33. The Morgan fingerprint density at radius 1 is 1.17 bits per heavy atom. The van der Waals surface area contributed by atoms with Crippen LogP contribution in [-0.4, -0.2) is 27.4 Å². The van der Waals surface area contributed by atoms with Crippen molar-refractivity contribution in [2.24, 2.45) is 0 Å². The van der Waals surface area contributed by atoms with Crippen molar-refractivity contribution in [2.75, 3.05) is 11.9 Å². The van der Waals surface area contributed by atoms with E-state index in [1.807, 2.05) is 24.4 Å². The first-order valence-corrected chi connectivity index (χ1v) is 9.47. The Bertz CT molecular complexity index is 1120. The third-order valence-corrected chi connectivity index (χ3v) is 4.88. The number of carbonyl (C=O) groups is 1. The van der Waals surface area contributed by atoms with Crippen molar-refractivity contribution >= 4 is 22.5 Å². The molecule has 0 aliphatic carbocycles. The van der Waals surface area contributed by atoms with Crippen LogP contribution in [0.5, 0.6) is 0 Å². The highest BCUT2D eigenvalue weighted by Gasteiger charge is 2.11. The monoisotopic (exact) mass is 391 g/mol. The Morgan fingerprint density at radius 3 is 2.76 bits per heavy atom. The summed E-state index contributed by atoms with van der Waals surface area (Å²) in [5.74, 6) is 0.278. The summed E-state index contributed by atoms with van der Waals surface area (Å²) in [6.45, 7) is 3.55. The van der Waals surface area contributed by atoms with Gasteiger partial charge in [0.25, 0.3) is 5.91 Å². The van der Waals surface area contributed by atoms with Crippen LogP contribution < -0.4 is 10.6 Å². The number of anilines is 1. The molecule has 4 aromatic rings. The number of imidazole rings is 1. The molecule has 1 amide bonds. The van der Waals surface area contributed by atoms with Crippen LogP contribution in [0.15, 0.2) is 54.9 Å². The second-order valence-corrected chi connectivity index (χ2v) is 6.91. The number of aromatic amines is 2. The maximum Gasteiger partial charge on any atom is 0.255 e. The lowest BCUT2D eigenvalue weighted by atomic mass is 10.1. The number of fused-ring (bicyclic) bond motifs is 1. The lowest BCUT2D eigenvalue weighted by molar-refractivity contribution is 0.102. The van der Waals surface area contributed by atoms with Gasteiger partial charge in [-0.25, -0.2) is 9.37 Å². The van der Waals surface area contributed by atoms with Crippen molar-refractivity contribution in [2.45, 2.75) is 19.9 Å². The fraction of sp³-hybridized carbons (Fsp3) is 0.182. The molecular formula is C22H22FN5O. The molecule has 148 valence electrons. The molecular weight excluding hydrogens is 369 g/mol. The minimum Gasteiger partial charge on any atom is -0.358 e. The predicted molar refractivity (Wildman–Crippen MR) is 111 cm³/mol. The van der Waals surface area contributed by atoms with Gasteiger partial charge in [0.15, 0.2) is 0 Å². The zero-order valence-electron chi connectivity index (χ0n) is 16.1. The van der Waals surface area contributed by atoms with E-state index >= 15 is 0 Å². The number of nitrogens with one attached hydrogen (secondary N) is 4. The topological polar surface area (TPSA) is 85.6 Å². The van der Waals surface area contributed by atoms with Gasteiger partial charge >= 0.3 is 0 Å². The number of carbonyl (C=O) groups excluding carboxylic acids is 1. The molecule has 4 rings (SSSR count). The number of hydrogen-bond donors (Lipinski definition) is 4. The molecule has 4 N–H and O–H groups in total. The van der Waals surface area contributed by atoms with Crippen molar-refractivity contribution in [3.63, 3.8) is 0 Å². The first kappa shape index (κ1) is 18.9. The summed E-state index contributed by atoms with van der Waals surface area (Å²) in [4.78, 5) is 23.1. The maximum atomic E-state index is 13.1. The molecule has 7 heteroatoms. The number of rotatable bonds is 7. The van der Waals surface area contributed by atoms with Crippen LogP contribution in [0, 0.1) is 12.7 Å². The van der Waals surface area contributed by atoms with E-state index < -0.39 is 0 Å². The highest BCUT2D eigenvalue weighted by Crippen LogP contribution is 2.26. The number of benzene rings is 2. The van der Waals surface area contributed by atoms with Gasteiger partial charge < -0.3 is 20.6 Å². The normalized spacial score (nSPS) is 11.1. The zero-order valence-corrected chi connectivity index (χ0v) is 16.1. The van der Waals surface area contributed by atoms with Crippen LogP contribution >= 0.6 is 0 Å². The number of H-pyrrole nitrogens is 2. The number of aromatic nitrogens is 3. The second-order valence-electron chi connectivity index (χ2n) is 6.91. The van der Waals surface area contributed by atoms with Gasteiger partial charge in [-0.2, -0.15) is 0 Å². The molecule has 2 aromatic carbocycles. The second kappa shape index (κ2) is 8.28. The third-order valence-electron chi connectivity index (χ3n) is 4.88. The first-order valence-electron chi connectivity index (χ1n) is 9.47. The molecule has 0 saturated carbocycles. The molecule has 29 heavy (non-hydrogen) atoms. The number of aryl methyl sites for hydroxylation is 1. The van der Waals surface area contributed by atoms with Crippen molar-refractivity contribution in [3.8, 4) is 0 Å². The quantitative estimate of drug-likeness (QED) is 0.360. The van der Waals surface area contributed by atoms with E-state index in [4.69, 9.17) is 0 Å². The number of halogens is 1. The largest absolute Gasteiger partial charge is 0.358 e. The van der Waals surface area contributed by atoms with E-state index in [2.05, 4.69) is 32.5 Å². The molecule has 0 radical (unpaired) electrons. The lowest BCUT2D eigenvalue weighted by Gasteiger charge is -2.07. The Morgan fingerprint density at radius 2 is 2.00 bits per heavy atom. The van der Waals surface area contributed by atoms with Crippen LogP contribution in [0.25, 0.3) is 10.9 Å². The molecule has 6 nitrogen and oxygen atoms in total. The van der Waals surface area contributed by atoms with E-state index in [1.54, 1.807) is 6.20 Å². The summed E-state index contributed by atoms with van der Waals surface area (Å²) >= 11 is 0. The highest BCUT2D eigenvalue weighted by atomic mass is 19.1. The van der Waals surface area contributed by atoms with Gasteiger partial charge in [0.05, 0.1) is 6.54 Å². The molecule has 0 atom stereocenters. The van der Waals surface area contributed by atoms with Crippen LogP contribution in [-0.2, 0) is 13.0 Å². The molecule has 2 heterocycles. The fourth-order valence-corrected chi connectivity index (χ4v) is 3.40. The van der Waals surface area contributed by atoms with Crippen LogP contribution in [0.3, 0.4) is 0 Å². The van der Waals surface area contributed by atoms with Crippen molar-refractivity contribution in [3.05, 3.63) is 83.3 Å². The molecule has 0 fully saturated rings. The summed E-state index contributed by atoms with van der Waals surface area (Å²) in [6, 6.07) is 11.3. The van der Waals surface area contributed by atoms with Gasteiger partial charge in [-0.05, 0) is 67.9 Å². The molecule has 0 unspecified atom stereocenters. The summed E-state index contributed by atoms with van der Waals surface area (Å²) in [5, 5.41) is 7.35. The Kier molecular flexibility index (Phi) is 5.39. The van der Waals surface area contributed by atoms with Gasteiger partial charge in [0.1, 0.15) is 11.6 Å². The van der Waals surface area contributed by atoms with E-state index in [-0.39, 0.29) is 11.7 Å². The summed E-state index contributed by atoms with van der Waals surface area (Å²) < 4.78 is 13.1. The van der Waals surface area contributed by atoms with Crippen molar-refractivity contribution < 1.29 is 9.18 Å². The fourth-order valence-electron chi connectivity index (χ4n) is 3.40. The van der Waals surface area contributed by atoms with E-state index in [0.717, 1.165) is 35.4 Å². The van der Waals surface area contributed by atoms with Gasteiger partial charge in [0.2, 0.25) is 0 Å². The number of amides is 1. The first-order chi connectivity index (χ1) is 14.1. The maximum absolute atomic E-state index is 13.1. The molecule has 0 aliphatic rings. The minimum absolute atomic E-state index is 0.265. The zero-order chi connectivity index (χ0) is 20.2. The number of nitrogens with zero attached hydrogens (tertiary/aromatic N) is 1. The third kappa shape index (κ3) is 4.35. The molecule has 0 aliphatic heterocycles. The Balaban J connectivity index is 1.46. The molecule has 0 saturated heterocycles. The minimum atomic E-state index is -0.365. The molecule has 0 bridgehead atoms. The van der Waals surface area contributed by atoms with Crippen LogP contribution in [0.1, 0.15) is 27.4 Å². The van der Waals surface area contributed by atoms with E-state index in [1.165, 1.54) is 29.8 Å². The molecule has 2 aromatic heterocycles. The number of hydrogen-bond acceptors (Lipinski definition) is 3. The Labute approximate surface area is 167 Å². The van der Waals surface area contributed by atoms with Crippen LogP contribution in [0.2, 0.25) is 0 Å². The lowest BCUT2D eigenvalue weighted by Crippen LogP contribution is -2.17. The van der Waals surface area contributed by atoms with Gasteiger partial charge in [0, 0.05) is 40.2 Å². The van der Waals surface area contributed by atoms with Crippen LogP contribution in [0.4, 0.5) is 10.1 Å². The molecule has 0 spiro atoms. The highest BCUT2D eigenvalue weighted by molar-refractivity contribution is 6.05. The smallest absolute Gasteiger partial charge is 0.255 e. The van der Waals surface area contributed by atoms with Gasteiger partial charge in [-0.1, -0.05) is 0 Å².